The summed E-state index contributed by atoms with van der Waals surface area (Å²) in [5.74, 6) is -0.457. The Balaban J connectivity index is 2.67. The van der Waals surface area contributed by atoms with Crippen LogP contribution in [0.2, 0.25) is 0 Å². The SMILES string of the molecule is CCN(C(=O)COc1ccc(C(F)(F)F)cc1)C(C)CS(=O)(=O)CC. The van der Waals surface area contributed by atoms with Crippen LogP contribution in [0, 0.1) is 0 Å². The van der Waals surface area contributed by atoms with Crippen molar-refractivity contribution in [2.75, 3.05) is 24.7 Å². The first kappa shape index (κ1) is 21.3. The topological polar surface area (TPSA) is 63.7 Å². The van der Waals surface area contributed by atoms with E-state index in [1.54, 1.807) is 13.8 Å². The number of hydrogen-bond donors (Lipinski definition) is 0. The van der Waals surface area contributed by atoms with Gasteiger partial charge < -0.3 is 9.64 Å². The van der Waals surface area contributed by atoms with E-state index in [0.29, 0.717) is 6.54 Å². The molecule has 1 aromatic carbocycles. The molecular weight excluding hydrogens is 359 g/mol. The molecule has 0 bridgehead atoms. The number of amides is 1. The maximum atomic E-state index is 12.5. The van der Waals surface area contributed by atoms with Gasteiger partial charge in [0.05, 0.1) is 11.3 Å². The van der Waals surface area contributed by atoms with E-state index in [4.69, 9.17) is 4.74 Å². The van der Waals surface area contributed by atoms with E-state index in [0.717, 1.165) is 24.3 Å². The van der Waals surface area contributed by atoms with Crippen LogP contribution in [0.4, 0.5) is 13.2 Å². The molecule has 1 amide bonds. The number of sulfone groups is 1. The van der Waals surface area contributed by atoms with E-state index >= 15 is 0 Å². The molecule has 0 aliphatic rings. The number of ether oxygens (including phenoxy) is 1. The van der Waals surface area contributed by atoms with Crippen LogP contribution in [0.15, 0.2) is 24.3 Å². The summed E-state index contributed by atoms with van der Waals surface area (Å²) in [6, 6.07) is 3.50. The number of hydrogen-bond acceptors (Lipinski definition) is 4. The first-order valence-corrected chi connectivity index (χ1v) is 9.62. The molecule has 1 rings (SSSR count). The monoisotopic (exact) mass is 381 g/mol. The molecule has 0 fully saturated rings. The fourth-order valence-corrected chi connectivity index (χ4v) is 3.43. The third-order valence-electron chi connectivity index (χ3n) is 3.67. The van der Waals surface area contributed by atoms with Crippen LogP contribution < -0.4 is 4.74 Å². The Kier molecular flexibility index (Phi) is 7.28. The predicted octanol–water partition coefficient (Wildman–Crippen LogP) is 2.76. The van der Waals surface area contributed by atoms with Crippen molar-refractivity contribution >= 4 is 15.7 Å². The number of rotatable bonds is 8. The zero-order valence-corrected chi connectivity index (χ0v) is 15.2. The quantitative estimate of drug-likeness (QED) is 0.695. The standard InChI is InChI=1S/C16H22F3NO4S/c1-4-20(12(3)11-25(22,23)5-2)15(21)10-24-14-8-6-13(7-9-14)16(17,18)19/h6-9,12H,4-5,10-11H2,1-3H3. The minimum absolute atomic E-state index is 0.00879. The molecule has 0 N–H and O–H groups in total. The second-order valence-electron chi connectivity index (χ2n) is 5.54. The Morgan fingerprint density at radius 2 is 1.76 bits per heavy atom. The van der Waals surface area contributed by atoms with Crippen LogP contribution in [-0.2, 0) is 20.8 Å². The van der Waals surface area contributed by atoms with E-state index in [9.17, 15) is 26.4 Å². The summed E-state index contributed by atoms with van der Waals surface area (Å²) in [6.45, 7) is 4.80. The largest absolute Gasteiger partial charge is 0.484 e. The molecule has 1 aromatic rings. The number of carbonyl (C=O) groups is 1. The summed E-state index contributed by atoms with van der Waals surface area (Å²) < 4.78 is 66.0. The smallest absolute Gasteiger partial charge is 0.416 e. The van der Waals surface area contributed by atoms with Crippen molar-refractivity contribution in [3.63, 3.8) is 0 Å². The molecular formula is C16H22F3NO4S. The highest BCUT2D eigenvalue weighted by molar-refractivity contribution is 7.91. The van der Waals surface area contributed by atoms with E-state index in [-0.39, 0.29) is 23.9 Å². The fraction of sp³-hybridized carbons (Fsp3) is 0.562. The van der Waals surface area contributed by atoms with Crippen LogP contribution in [0.5, 0.6) is 5.75 Å². The summed E-state index contributed by atoms with van der Waals surface area (Å²) in [5.41, 5.74) is -0.806. The lowest BCUT2D eigenvalue weighted by Gasteiger charge is -2.27. The van der Waals surface area contributed by atoms with E-state index < -0.39 is 33.5 Å². The van der Waals surface area contributed by atoms with Crippen LogP contribution in [0.3, 0.4) is 0 Å². The lowest BCUT2D eigenvalue weighted by molar-refractivity contribution is -0.138. The number of alkyl halides is 3. The number of nitrogens with zero attached hydrogens (tertiary/aromatic N) is 1. The van der Waals surface area contributed by atoms with Crippen LogP contribution in [0.25, 0.3) is 0 Å². The zero-order chi connectivity index (χ0) is 19.3. The minimum atomic E-state index is -4.44. The zero-order valence-electron chi connectivity index (χ0n) is 14.3. The predicted molar refractivity (Wildman–Crippen MR) is 88.1 cm³/mol. The van der Waals surface area contributed by atoms with Gasteiger partial charge in [0, 0.05) is 18.3 Å². The molecule has 0 saturated carbocycles. The van der Waals surface area contributed by atoms with Crippen LogP contribution >= 0.6 is 0 Å². The van der Waals surface area contributed by atoms with Gasteiger partial charge in [0.1, 0.15) is 5.75 Å². The van der Waals surface area contributed by atoms with Gasteiger partial charge in [-0.2, -0.15) is 13.2 Å². The molecule has 9 heteroatoms. The molecule has 0 spiro atoms. The maximum Gasteiger partial charge on any atom is 0.416 e. The van der Waals surface area contributed by atoms with Gasteiger partial charge >= 0.3 is 6.18 Å². The van der Waals surface area contributed by atoms with Crippen molar-refractivity contribution in [2.24, 2.45) is 0 Å². The van der Waals surface area contributed by atoms with Gasteiger partial charge in [0.25, 0.3) is 5.91 Å². The Hall–Kier alpha value is -1.77. The Labute approximate surface area is 145 Å². The molecule has 25 heavy (non-hydrogen) atoms. The highest BCUT2D eigenvalue weighted by Gasteiger charge is 2.30. The molecule has 0 heterocycles. The average Bonchev–Trinajstić information content (AvgIpc) is 2.52. The van der Waals surface area contributed by atoms with Gasteiger partial charge in [0.15, 0.2) is 16.4 Å². The molecule has 0 radical (unpaired) electrons. The van der Waals surface area contributed by atoms with Crippen molar-refractivity contribution in [1.82, 2.24) is 4.90 Å². The Bertz CT molecular complexity index is 672. The Morgan fingerprint density at radius 1 is 1.20 bits per heavy atom. The van der Waals surface area contributed by atoms with Crippen LogP contribution in [0.1, 0.15) is 26.3 Å². The maximum absolute atomic E-state index is 12.5. The van der Waals surface area contributed by atoms with Crippen molar-refractivity contribution in [2.45, 2.75) is 33.0 Å². The van der Waals surface area contributed by atoms with E-state index in [1.807, 2.05) is 0 Å². The van der Waals surface area contributed by atoms with E-state index in [2.05, 4.69) is 0 Å². The van der Waals surface area contributed by atoms with Crippen molar-refractivity contribution in [1.29, 1.82) is 0 Å². The van der Waals surface area contributed by atoms with E-state index in [1.165, 1.54) is 11.8 Å². The molecule has 0 aromatic heterocycles. The summed E-state index contributed by atoms with van der Waals surface area (Å²) in [4.78, 5) is 13.6. The molecule has 0 aliphatic carbocycles. The minimum Gasteiger partial charge on any atom is -0.484 e. The normalized spacial score (nSPS) is 13.4. The molecule has 1 atom stereocenters. The molecule has 142 valence electrons. The van der Waals surface area contributed by atoms with Crippen molar-refractivity contribution in [3.8, 4) is 5.75 Å². The number of carbonyl (C=O) groups excluding carboxylic acids is 1. The van der Waals surface area contributed by atoms with Crippen molar-refractivity contribution < 1.29 is 31.1 Å². The van der Waals surface area contributed by atoms with Gasteiger partial charge in [-0.1, -0.05) is 6.92 Å². The van der Waals surface area contributed by atoms with Crippen LogP contribution in [-0.4, -0.2) is 49.9 Å². The number of halogens is 3. The second kappa shape index (κ2) is 8.55. The summed E-state index contributed by atoms with van der Waals surface area (Å²) >= 11 is 0. The highest BCUT2D eigenvalue weighted by Crippen LogP contribution is 2.30. The second-order valence-corrected chi connectivity index (χ2v) is 7.94. The summed E-state index contributed by atoms with van der Waals surface area (Å²) in [6.07, 6.45) is -4.44. The number of benzene rings is 1. The molecule has 0 saturated heterocycles. The fourth-order valence-electron chi connectivity index (χ4n) is 2.28. The summed E-state index contributed by atoms with van der Waals surface area (Å²) in [7, 11) is -3.23. The average molecular weight is 381 g/mol. The van der Waals surface area contributed by atoms with Crippen molar-refractivity contribution in [3.05, 3.63) is 29.8 Å². The van der Waals surface area contributed by atoms with Gasteiger partial charge in [-0.3, -0.25) is 4.79 Å². The molecule has 5 nitrogen and oxygen atoms in total. The molecule has 0 aliphatic heterocycles. The van der Waals surface area contributed by atoms with Gasteiger partial charge in [-0.15, -0.1) is 0 Å². The first-order chi connectivity index (χ1) is 11.5. The van der Waals surface area contributed by atoms with Gasteiger partial charge in [-0.25, -0.2) is 8.42 Å². The third-order valence-corrected chi connectivity index (χ3v) is 5.54. The first-order valence-electron chi connectivity index (χ1n) is 7.80. The van der Waals surface area contributed by atoms with Gasteiger partial charge in [-0.05, 0) is 38.1 Å². The number of likely N-dealkylation sites (N-methyl/N-ethyl adjacent to an activating group) is 1. The lowest BCUT2D eigenvalue weighted by atomic mass is 10.2. The highest BCUT2D eigenvalue weighted by atomic mass is 32.2. The van der Waals surface area contributed by atoms with Gasteiger partial charge in [0.2, 0.25) is 0 Å². The third kappa shape index (κ3) is 6.56. The molecule has 1 unspecified atom stereocenters. The lowest BCUT2D eigenvalue weighted by Crippen LogP contribution is -2.44. The summed E-state index contributed by atoms with van der Waals surface area (Å²) in [5, 5.41) is 0. The Morgan fingerprint density at radius 3 is 2.20 bits per heavy atom.